The molecule has 0 aliphatic heterocycles. The fourth-order valence-corrected chi connectivity index (χ4v) is 0.474. The summed E-state index contributed by atoms with van der Waals surface area (Å²) in [6.07, 6.45) is 3.77. The summed E-state index contributed by atoms with van der Waals surface area (Å²) in [6.45, 7) is 6.50. The fraction of sp³-hybridized carbons (Fsp3) is 0.857. The highest BCUT2D eigenvalue weighted by Gasteiger charge is 1.78. The van der Waals surface area contributed by atoms with Crippen LogP contribution in [-0.4, -0.2) is 20.3 Å². The first kappa shape index (κ1) is 11.4. The molecule has 0 aromatic carbocycles. The van der Waals surface area contributed by atoms with Gasteiger partial charge in [0.2, 0.25) is 0 Å². The minimum Gasteiger partial charge on any atom is -0.333 e. The average molecular weight is 130 g/mol. The summed E-state index contributed by atoms with van der Waals surface area (Å²) in [7, 11) is 1.50. The summed E-state index contributed by atoms with van der Waals surface area (Å²) in [5, 5.41) is 0. The van der Waals surface area contributed by atoms with Crippen molar-refractivity contribution in [3.8, 4) is 0 Å². The van der Waals surface area contributed by atoms with Gasteiger partial charge in [0.15, 0.2) is 0 Å². The Morgan fingerprint density at radius 1 is 1.33 bits per heavy atom. The second-order valence-electron chi connectivity index (χ2n) is 1.65. The van der Waals surface area contributed by atoms with Crippen molar-refractivity contribution in [3.05, 3.63) is 0 Å². The largest absolute Gasteiger partial charge is 0.333 e. The molecule has 0 saturated carbocycles. The Bertz CT molecular complexity index is 44.2. The van der Waals surface area contributed by atoms with Crippen molar-refractivity contribution < 1.29 is 0 Å². The molecule has 0 saturated heterocycles. The lowest BCUT2D eigenvalue weighted by Gasteiger charge is -1.87. The molecule has 0 fully saturated rings. The molecule has 0 aromatic heterocycles. The van der Waals surface area contributed by atoms with Crippen LogP contribution in [0.15, 0.2) is 4.99 Å². The molecule has 2 heteroatoms. The van der Waals surface area contributed by atoms with Crippen molar-refractivity contribution in [2.45, 2.75) is 26.2 Å². The van der Waals surface area contributed by atoms with E-state index < -0.39 is 0 Å². The number of hydrogen-bond donors (Lipinski definition) is 1. The van der Waals surface area contributed by atoms with Gasteiger partial charge in [-0.2, -0.15) is 0 Å². The molecule has 0 amide bonds. The molecule has 2 nitrogen and oxygen atoms in total. The minimum atomic E-state index is 0.938. The van der Waals surface area contributed by atoms with Gasteiger partial charge in [0, 0.05) is 6.54 Å². The zero-order valence-corrected chi connectivity index (χ0v) is 6.56. The summed E-state index contributed by atoms with van der Waals surface area (Å²) in [5.41, 5.74) is 4.50. The number of rotatable bonds is 4. The van der Waals surface area contributed by atoms with Gasteiger partial charge in [0.1, 0.15) is 0 Å². The van der Waals surface area contributed by atoms with E-state index in [2.05, 4.69) is 24.4 Å². The van der Waals surface area contributed by atoms with Crippen LogP contribution in [0.2, 0.25) is 0 Å². The van der Waals surface area contributed by atoms with Gasteiger partial charge in [0.25, 0.3) is 0 Å². The van der Waals surface area contributed by atoms with Crippen LogP contribution in [0.25, 0.3) is 0 Å². The Balaban J connectivity index is 0. The number of nitrogens with zero attached hydrogens (tertiary/aromatic N) is 1. The number of nitrogens with two attached hydrogens (primary N) is 1. The molecule has 56 valence electrons. The van der Waals surface area contributed by atoms with Crippen LogP contribution in [0.3, 0.4) is 0 Å². The van der Waals surface area contributed by atoms with E-state index >= 15 is 0 Å². The molecular weight excluding hydrogens is 112 g/mol. The first-order chi connectivity index (χ1) is 4.41. The average Bonchev–Trinajstić information content (AvgIpc) is 1.94. The molecule has 2 N–H and O–H groups in total. The summed E-state index contributed by atoms with van der Waals surface area (Å²) in [6, 6.07) is 0. The first-order valence-corrected chi connectivity index (χ1v) is 3.42. The zero-order valence-electron chi connectivity index (χ0n) is 6.56. The van der Waals surface area contributed by atoms with E-state index in [-0.39, 0.29) is 0 Å². The molecule has 0 heterocycles. The maximum absolute atomic E-state index is 4.50. The van der Waals surface area contributed by atoms with Gasteiger partial charge in [-0.25, -0.2) is 0 Å². The minimum absolute atomic E-state index is 0.938. The van der Waals surface area contributed by atoms with Crippen molar-refractivity contribution in [2.24, 2.45) is 10.7 Å². The molecule has 9 heavy (non-hydrogen) atoms. The predicted molar refractivity (Wildman–Crippen MR) is 44.1 cm³/mol. The maximum Gasteiger partial charge on any atom is 0.0382 e. The van der Waals surface area contributed by atoms with Crippen LogP contribution in [0.1, 0.15) is 26.2 Å². The van der Waals surface area contributed by atoms with Crippen LogP contribution in [0, 0.1) is 0 Å². The van der Waals surface area contributed by atoms with Gasteiger partial charge in [0.05, 0.1) is 0 Å². The summed E-state index contributed by atoms with van der Waals surface area (Å²) in [5.74, 6) is 0. The van der Waals surface area contributed by atoms with Crippen molar-refractivity contribution in [1.29, 1.82) is 0 Å². The van der Waals surface area contributed by atoms with E-state index in [1.54, 1.807) is 0 Å². The van der Waals surface area contributed by atoms with E-state index in [4.69, 9.17) is 0 Å². The van der Waals surface area contributed by atoms with Crippen molar-refractivity contribution in [2.75, 3.05) is 13.6 Å². The van der Waals surface area contributed by atoms with Crippen molar-refractivity contribution in [1.82, 2.24) is 0 Å². The van der Waals surface area contributed by atoms with Crippen LogP contribution >= 0.6 is 0 Å². The molecular formula is C7H18N2. The number of hydrogen-bond acceptors (Lipinski definition) is 2. The Hall–Kier alpha value is -0.370. The Labute approximate surface area is 58.2 Å². The van der Waals surface area contributed by atoms with E-state index in [0.29, 0.717) is 0 Å². The van der Waals surface area contributed by atoms with Crippen LogP contribution < -0.4 is 5.73 Å². The molecule has 0 unspecified atom stereocenters. The van der Waals surface area contributed by atoms with Gasteiger partial charge in [-0.3, -0.25) is 0 Å². The number of aliphatic imine (C=N–C) groups is 1. The predicted octanol–water partition coefficient (Wildman–Crippen LogP) is 1.45. The molecule has 0 radical (unpaired) electrons. The number of unbranched alkanes of at least 4 members (excludes halogenated alkanes) is 2. The monoisotopic (exact) mass is 130 g/mol. The molecule has 0 aromatic rings. The standard InChI is InChI=1S/C6H13N.CH5N/c1-3-4-5-6-7-2;1-2/h2-6H2,1H3;2H2,1H3. The smallest absolute Gasteiger partial charge is 0.0382 e. The normalized spacial score (nSPS) is 7.44. The third kappa shape index (κ3) is 18.4. The highest BCUT2D eigenvalue weighted by molar-refractivity contribution is 5.22. The third-order valence-electron chi connectivity index (χ3n) is 0.920. The summed E-state index contributed by atoms with van der Waals surface area (Å²) >= 11 is 0. The third-order valence-corrected chi connectivity index (χ3v) is 0.920. The Kier molecular flexibility index (Phi) is 19.9. The zero-order chi connectivity index (χ0) is 7.54. The van der Waals surface area contributed by atoms with E-state index in [9.17, 15) is 0 Å². The van der Waals surface area contributed by atoms with E-state index in [0.717, 1.165) is 6.54 Å². The maximum atomic E-state index is 4.50. The molecule has 0 aliphatic rings. The van der Waals surface area contributed by atoms with E-state index in [1.165, 1.54) is 26.3 Å². The summed E-state index contributed by atoms with van der Waals surface area (Å²) in [4.78, 5) is 3.72. The van der Waals surface area contributed by atoms with E-state index in [1.807, 2.05) is 0 Å². The second kappa shape index (κ2) is 15.6. The highest BCUT2D eigenvalue weighted by atomic mass is 14.7. The van der Waals surface area contributed by atoms with Crippen LogP contribution in [0.5, 0.6) is 0 Å². The second-order valence-corrected chi connectivity index (χ2v) is 1.65. The Morgan fingerprint density at radius 2 is 1.89 bits per heavy atom. The lowest BCUT2D eigenvalue weighted by atomic mass is 10.3. The van der Waals surface area contributed by atoms with Crippen molar-refractivity contribution in [3.63, 3.8) is 0 Å². The quantitative estimate of drug-likeness (QED) is 0.454. The highest BCUT2D eigenvalue weighted by Crippen LogP contribution is 1.91. The lowest BCUT2D eigenvalue weighted by molar-refractivity contribution is 0.730. The van der Waals surface area contributed by atoms with Gasteiger partial charge in [-0.1, -0.05) is 19.8 Å². The summed E-state index contributed by atoms with van der Waals surface area (Å²) < 4.78 is 0. The molecule has 0 bridgehead atoms. The lowest BCUT2D eigenvalue weighted by Crippen LogP contribution is -1.76. The van der Waals surface area contributed by atoms with Gasteiger partial charge in [-0.05, 0) is 20.2 Å². The van der Waals surface area contributed by atoms with Gasteiger partial charge in [-0.15, -0.1) is 0 Å². The molecule has 0 aliphatic carbocycles. The fourth-order valence-electron chi connectivity index (χ4n) is 0.474. The Morgan fingerprint density at radius 3 is 2.22 bits per heavy atom. The van der Waals surface area contributed by atoms with Crippen LogP contribution in [-0.2, 0) is 0 Å². The van der Waals surface area contributed by atoms with Crippen molar-refractivity contribution >= 4 is 6.72 Å². The SMILES string of the molecule is C=NCCCCC.CN. The van der Waals surface area contributed by atoms with Crippen LogP contribution in [0.4, 0.5) is 0 Å². The molecule has 0 atom stereocenters. The van der Waals surface area contributed by atoms with Gasteiger partial charge >= 0.3 is 0 Å². The topological polar surface area (TPSA) is 38.4 Å². The molecule has 0 spiro atoms. The van der Waals surface area contributed by atoms with Gasteiger partial charge < -0.3 is 10.7 Å². The first-order valence-electron chi connectivity index (χ1n) is 3.42. The molecule has 0 rings (SSSR count).